The number of carbonyl (C=O) groups excluding carboxylic acids is 2. The fourth-order valence-corrected chi connectivity index (χ4v) is 2.86. The molecule has 0 unspecified atom stereocenters. The molecular weight excluding hydrogens is 292 g/mol. The highest BCUT2D eigenvalue weighted by Gasteiger charge is 2.16. The van der Waals surface area contributed by atoms with Crippen LogP contribution in [-0.4, -0.2) is 39.1 Å². The Morgan fingerprint density at radius 1 is 1.05 bits per heavy atom. The summed E-state index contributed by atoms with van der Waals surface area (Å²) in [7, 11) is -3.45. The zero-order chi connectivity index (χ0) is 15.9. The lowest BCUT2D eigenvalue weighted by Gasteiger charge is -2.07. The van der Waals surface area contributed by atoms with E-state index in [4.69, 9.17) is 0 Å². The molecule has 2 N–H and O–H groups in total. The Morgan fingerprint density at radius 3 is 2.19 bits per heavy atom. The summed E-state index contributed by atoms with van der Waals surface area (Å²) in [5, 5.41) is 5.09. The predicted molar refractivity (Wildman–Crippen MR) is 79.5 cm³/mol. The van der Waals surface area contributed by atoms with Gasteiger partial charge in [0.25, 0.3) is 0 Å². The van der Waals surface area contributed by atoms with Crippen molar-refractivity contribution in [1.29, 1.82) is 0 Å². The van der Waals surface area contributed by atoms with E-state index in [1.54, 1.807) is 24.3 Å². The Balaban J connectivity index is 2.41. The third-order valence-electron chi connectivity index (χ3n) is 2.80. The average Bonchev–Trinajstić information content (AvgIpc) is 2.42. The Hall–Kier alpha value is -1.89. The topological polar surface area (TPSA) is 92.3 Å². The summed E-state index contributed by atoms with van der Waals surface area (Å²) in [5.74, 6) is -0.760. The molecule has 0 aliphatic rings. The maximum absolute atomic E-state index is 12.0. The summed E-state index contributed by atoms with van der Waals surface area (Å²) in [6.07, 6.45) is -0.101. The van der Waals surface area contributed by atoms with Crippen LogP contribution in [0.4, 0.5) is 0 Å². The number of hydrogen-bond acceptors (Lipinski definition) is 4. The van der Waals surface area contributed by atoms with Crippen LogP contribution in [0.25, 0.3) is 0 Å². The van der Waals surface area contributed by atoms with Gasteiger partial charge in [-0.3, -0.25) is 9.59 Å². The van der Waals surface area contributed by atoms with Crippen LogP contribution in [0.5, 0.6) is 0 Å². The normalized spacial score (nSPS) is 11.0. The lowest BCUT2D eigenvalue weighted by molar-refractivity contribution is -0.121. The van der Waals surface area contributed by atoms with Gasteiger partial charge in [0.1, 0.15) is 0 Å². The van der Waals surface area contributed by atoms with Gasteiger partial charge in [0, 0.05) is 26.4 Å². The van der Waals surface area contributed by atoms with Crippen LogP contribution < -0.4 is 10.6 Å². The largest absolute Gasteiger partial charge is 0.355 e. The maximum atomic E-state index is 12.0. The standard InChI is InChI=1S/C14H20N2O4S/c1-11-3-5-13(6-4-11)21(19,20)10-7-14(18)16-9-8-15-12(2)17/h3-6H,7-10H2,1-2H3,(H,15,17)(H,16,18). The zero-order valence-electron chi connectivity index (χ0n) is 12.2. The van der Waals surface area contributed by atoms with Crippen molar-refractivity contribution >= 4 is 21.7 Å². The molecule has 1 aromatic rings. The SMILES string of the molecule is CC(=O)NCCNC(=O)CCS(=O)(=O)c1ccc(C)cc1. The molecule has 21 heavy (non-hydrogen) atoms. The van der Waals surface area contributed by atoms with E-state index in [1.165, 1.54) is 6.92 Å². The fraction of sp³-hybridized carbons (Fsp3) is 0.429. The monoisotopic (exact) mass is 312 g/mol. The van der Waals surface area contributed by atoms with Crippen molar-refractivity contribution in [2.24, 2.45) is 0 Å². The van der Waals surface area contributed by atoms with E-state index in [2.05, 4.69) is 10.6 Å². The minimum Gasteiger partial charge on any atom is -0.355 e. The molecule has 0 bridgehead atoms. The molecule has 0 heterocycles. The Kier molecular flexibility index (Phi) is 6.36. The smallest absolute Gasteiger partial charge is 0.221 e. The van der Waals surface area contributed by atoms with E-state index in [-0.39, 0.29) is 35.4 Å². The molecule has 1 aromatic carbocycles. The van der Waals surface area contributed by atoms with Gasteiger partial charge in [0.15, 0.2) is 9.84 Å². The number of hydrogen-bond donors (Lipinski definition) is 2. The Morgan fingerprint density at radius 2 is 1.62 bits per heavy atom. The van der Waals surface area contributed by atoms with Crippen molar-refractivity contribution in [3.8, 4) is 0 Å². The molecular formula is C14H20N2O4S. The van der Waals surface area contributed by atoms with Crippen molar-refractivity contribution in [3.05, 3.63) is 29.8 Å². The molecule has 1 rings (SSSR count). The summed E-state index contributed by atoms with van der Waals surface area (Å²) in [4.78, 5) is 22.4. The molecule has 0 atom stereocenters. The van der Waals surface area contributed by atoms with E-state index in [0.29, 0.717) is 6.54 Å². The Labute approximate surface area is 124 Å². The lowest BCUT2D eigenvalue weighted by atomic mass is 10.2. The highest BCUT2D eigenvalue weighted by atomic mass is 32.2. The molecule has 0 fully saturated rings. The summed E-state index contributed by atoms with van der Waals surface area (Å²) in [6, 6.07) is 6.53. The van der Waals surface area contributed by atoms with E-state index in [0.717, 1.165) is 5.56 Å². The molecule has 116 valence electrons. The minimum atomic E-state index is -3.45. The Bertz CT molecular complexity index is 594. The van der Waals surface area contributed by atoms with Gasteiger partial charge in [-0.15, -0.1) is 0 Å². The van der Waals surface area contributed by atoms with Gasteiger partial charge in [0.05, 0.1) is 10.6 Å². The molecule has 0 radical (unpaired) electrons. The summed E-state index contributed by atoms with van der Waals surface area (Å²) < 4.78 is 24.1. The van der Waals surface area contributed by atoms with Gasteiger partial charge in [0.2, 0.25) is 11.8 Å². The third-order valence-corrected chi connectivity index (χ3v) is 4.53. The van der Waals surface area contributed by atoms with Gasteiger partial charge in [-0.05, 0) is 19.1 Å². The van der Waals surface area contributed by atoms with E-state index < -0.39 is 9.84 Å². The molecule has 7 heteroatoms. The van der Waals surface area contributed by atoms with Crippen molar-refractivity contribution < 1.29 is 18.0 Å². The highest BCUT2D eigenvalue weighted by Crippen LogP contribution is 2.12. The van der Waals surface area contributed by atoms with E-state index >= 15 is 0 Å². The van der Waals surface area contributed by atoms with Gasteiger partial charge in [-0.1, -0.05) is 17.7 Å². The van der Waals surface area contributed by atoms with E-state index in [9.17, 15) is 18.0 Å². The summed E-state index contributed by atoms with van der Waals surface area (Å²) in [6.45, 7) is 3.86. The molecule has 0 aliphatic heterocycles. The number of amides is 2. The second-order valence-corrected chi connectivity index (χ2v) is 6.82. The first-order valence-electron chi connectivity index (χ1n) is 6.62. The van der Waals surface area contributed by atoms with Crippen LogP contribution >= 0.6 is 0 Å². The molecule has 0 spiro atoms. The first kappa shape index (κ1) is 17.2. The second-order valence-electron chi connectivity index (χ2n) is 4.71. The minimum absolute atomic E-state index is 0.101. The maximum Gasteiger partial charge on any atom is 0.221 e. The number of rotatable bonds is 7. The van der Waals surface area contributed by atoms with Crippen LogP contribution in [0.2, 0.25) is 0 Å². The average molecular weight is 312 g/mol. The van der Waals surface area contributed by atoms with Crippen molar-refractivity contribution in [2.45, 2.75) is 25.2 Å². The molecule has 0 saturated heterocycles. The van der Waals surface area contributed by atoms with Crippen LogP contribution in [-0.2, 0) is 19.4 Å². The van der Waals surface area contributed by atoms with Crippen molar-refractivity contribution in [1.82, 2.24) is 10.6 Å². The fourth-order valence-electron chi connectivity index (χ4n) is 1.62. The number of aryl methyl sites for hydroxylation is 1. The van der Waals surface area contributed by atoms with Gasteiger partial charge < -0.3 is 10.6 Å². The lowest BCUT2D eigenvalue weighted by Crippen LogP contribution is -2.34. The highest BCUT2D eigenvalue weighted by molar-refractivity contribution is 7.91. The summed E-state index contributed by atoms with van der Waals surface area (Å²) in [5.41, 5.74) is 0.977. The third kappa shape index (κ3) is 6.40. The van der Waals surface area contributed by atoms with Crippen LogP contribution in [0.15, 0.2) is 29.2 Å². The number of nitrogens with one attached hydrogen (secondary N) is 2. The number of sulfone groups is 1. The first-order chi connectivity index (χ1) is 9.81. The van der Waals surface area contributed by atoms with E-state index in [1.807, 2.05) is 6.92 Å². The molecule has 6 nitrogen and oxygen atoms in total. The predicted octanol–water partition coefficient (Wildman–Crippen LogP) is 0.411. The first-order valence-corrected chi connectivity index (χ1v) is 8.27. The van der Waals surface area contributed by atoms with Crippen molar-refractivity contribution in [3.63, 3.8) is 0 Å². The van der Waals surface area contributed by atoms with Gasteiger partial charge in [-0.2, -0.15) is 0 Å². The quantitative estimate of drug-likeness (QED) is 0.713. The van der Waals surface area contributed by atoms with Crippen molar-refractivity contribution in [2.75, 3.05) is 18.8 Å². The molecule has 0 saturated carbocycles. The van der Waals surface area contributed by atoms with Crippen LogP contribution in [0.1, 0.15) is 18.9 Å². The number of carbonyl (C=O) groups is 2. The zero-order valence-corrected chi connectivity index (χ0v) is 13.0. The number of benzene rings is 1. The molecule has 2 amide bonds. The van der Waals surface area contributed by atoms with Gasteiger partial charge in [-0.25, -0.2) is 8.42 Å². The van der Waals surface area contributed by atoms with Crippen LogP contribution in [0, 0.1) is 6.92 Å². The molecule has 0 aromatic heterocycles. The second kappa shape index (κ2) is 7.78. The van der Waals surface area contributed by atoms with Crippen LogP contribution in [0.3, 0.4) is 0 Å². The van der Waals surface area contributed by atoms with Gasteiger partial charge >= 0.3 is 0 Å². The molecule has 0 aliphatic carbocycles. The summed E-state index contributed by atoms with van der Waals surface area (Å²) >= 11 is 0.